The van der Waals surface area contributed by atoms with E-state index in [-0.39, 0.29) is 60.9 Å². The van der Waals surface area contributed by atoms with Gasteiger partial charge in [-0.25, -0.2) is 0 Å². The summed E-state index contributed by atoms with van der Waals surface area (Å²) in [5.41, 5.74) is 6.48. The summed E-state index contributed by atoms with van der Waals surface area (Å²) in [5.74, 6) is -2.53. The molecule has 14 heteroatoms. The summed E-state index contributed by atoms with van der Waals surface area (Å²) in [6, 6.07) is -0.257. The van der Waals surface area contributed by atoms with Crippen LogP contribution in [0.25, 0.3) is 0 Å². The Hall–Kier alpha value is -2.31. The Bertz CT molecular complexity index is 1730. The van der Waals surface area contributed by atoms with Crippen LogP contribution in [0.4, 0.5) is 0 Å². The van der Waals surface area contributed by atoms with Crippen LogP contribution in [-0.4, -0.2) is 134 Å². The number of hydrogen-bond acceptors (Lipinski definition) is 14. The number of hydrogen-bond donors (Lipinski definition) is 3. The van der Waals surface area contributed by atoms with E-state index in [1.54, 1.807) is 33.3 Å². The molecule has 7 rings (SSSR count). The molecule has 0 unspecified atom stereocenters. The van der Waals surface area contributed by atoms with Crippen LogP contribution in [0.15, 0.2) is 59.3 Å². The van der Waals surface area contributed by atoms with E-state index in [0.29, 0.717) is 43.3 Å². The molecule has 1 spiro atoms. The Kier molecular flexibility index (Phi) is 15.1. The zero-order chi connectivity index (χ0) is 44.7. The maximum absolute atomic E-state index is 14.4. The second-order valence-corrected chi connectivity index (χ2v) is 19.0. The van der Waals surface area contributed by atoms with E-state index in [1.807, 2.05) is 32.1 Å². The van der Waals surface area contributed by atoms with Gasteiger partial charge in [0.15, 0.2) is 18.4 Å². The number of aliphatic hydroxyl groups is 2. The number of esters is 1. The molecule has 4 fully saturated rings. The van der Waals surface area contributed by atoms with Crippen molar-refractivity contribution in [3.8, 4) is 0 Å². The molecule has 4 N–H and O–H groups in total. The fourth-order valence-electron chi connectivity index (χ4n) is 10.6. The number of carbonyl (C=O) groups excluding carboxylic acids is 1. The van der Waals surface area contributed by atoms with Gasteiger partial charge in [-0.15, -0.1) is 0 Å². The highest BCUT2D eigenvalue weighted by molar-refractivity contribution is 5.78. The van der Waals surface area contributed by atoms with Crippen LogP contribution < -0.4 is 5.73 Å². The first kappa shape index (κ1) is 47.6. The highest BCUT2D eigenvalue weighted by atomic mass is 16.7. The summed E-state index contributed by atoms with van der Waals surface area (Å²) in [5, 5.41) is 23.7. The zero-order valence-corrected chi connectivity index (χ0v) is 38.3. The maximum atomic E-state index is 14.4. The SMILES string of the molecule is CC[C@H](C)[C@H]1O[C@]2(C=C[C@@H]1C)C[C@@H]1C[C@@H](C/C=C(\C)[C@@H](O[C@H]3C[C@H](OC)[C@@H](O[C@H]4C[C@H](OC)[C@@H](N)[C@H](C)O4)[C@H](C)O3)[C@@H](C)/C=C/C=C3\CO[C@@H]4[C@H](O)C(C)=C[C@@H](C(=O)O1)[C@]34O)O2. The highest BCUT2D eigenvalue weighted by Gasteiger charge is 2.60. The number of nitrogens with two attached hydrogens (primary N) is 1. The van der Waals surface area contributed by atoms with Crippen molar-refractivity contribution in [2.24, 2.45) is 29.4 Å². The summed E-state index contributed by atoms with van der Waals surface area (Å²) >= 11 is 0. The number of allylic oxidation sites excluding steroid dienone is 2. The van der Waals surface area contributed by atoms with Crippen LogP contribution in [0.3, 0.4) is 0 Å². The third-order valence-electron chi connectivity index (χ3n) is 14.6. The van der Waals surface area contributed by atoms with E-state index in [4.69, 9.17) is 53.1 Å². The molecule has 14 nitrogen and oxygen atoms in total. The molecular formula is C48H73NO13. The molecule has 0 amide bonds. The molecule has 6 aliphatic heterocycles. The summed E-state index contributed by atoms with van der Waals surface area (Å²) in [6.45, 7) is 16.3. The Labute approximate surface area is 368 Å². The Morgan fingerprint density at radius 2 is 1.63 bits per heavy atom. The zero-order valence-electron chi connectivity index (χ0n) is 38.3. The van der Waals surface area contributed by atoms with E-state index in [0.717, 1.165) is 12.0 Å². The monoisotopic (exact) mass is 872 g/mol. The van der Waals surface area contributed by atoms with Crippen molar-refractivity contribution in [1.29, 1.82) is 0 Å². The van der Waals surface area contributed by atoms with Gasteiger partial charge in [0.2, 0.25) is 0 Å². The largest absolute Gasteiger partial charge is 0.462 e. The van der Waals surface area contributed by atoms with Crippen molar-refractivity contribution >= 4 is 5.97 Å². The second kappa shape index (κ2) is 19.7. The molecule has 0 aromatic rings. The summed E-state index contributed by atoms with van der Waals surface area (Å²) < 4.78 is 64.1. The van der Waals surface area contributed by atoms with Crippen molar-refractivity contribution in [2.75, 3.05) is 20.8 Å². The number of carbonyl (C=O) groups is 1. The van der Waals surface area contributed by atoms with Gasteiger partial charge < -0.3 is 63.3 Å². The van der Waals surface area contributed by atoms with Crippen molar-refractivity contribution in [2.45, 2.75) is 191 Å². The van der Waals surface area contributed by atoms with Gasteiger partial charge in [-0.3, -0.25) is 4.79 Å². The third-order valence-corrected chi connectivity index (χ3v) is 14.6. The molecule has 0 radical (unpaired) electrons. The molecule has 20 atom stereocenters. The number of methoxy groups -OCH3 is 2. The van der Waals surface area contributed by atoms with Crippen LogP contribution in [0.5, 0.6) is 0 Å². The minimum Gasteiger partial charge on any atom is -0.462 e. The van der Waals surface area contributed by atoms with Gasteiger partial charge in [0.05, 0.1) is 55.4 Å². The van der Waals surface area contributed by atoms with Crippen LogP contribution in [-0.2, 0) is 52.2 Å². The summed E-state index contributed by atoms with van der Waals surface area (Å²) in [6.07, 6.45) is 10.2. The lowest BCUT2D eigenvalue weighted by Crippen LogP contribution is -2.58. The molecule has 4 saturated heterocycles. The molecule has 7 aliphatic rings. The van der Waals surface area contributed by atoms with E-state index < -0.39 is 72.5 Å². The van der Waals surface area contributed by atoms with E-state index in [1.165, 1.54) is 0 Å². The van der Waals surface area contributed by atoms with Crippen molar-refractivity contribution in [3.05, 3.63) is 59.3 Å². The van der Waals surface area contributed by atoms with E-state index in [2.05, 4.69) is 46.8 Å². The number of rotatable bonds is 8. The second-order valence-electron chi connectivity index (χ2n) is 19.0. The fourth-order valence-corrected chi connectivity index (χ4v) is 10.6. The average Bonchev–Trinajstić information content (AvgIpc) is 3.58. The first-order valence-electron chi connectivity index (χ1n) is 22.9. The topological polar surface area (TPSA) is 176 Å². The van der Waals surface area contributed by atoms with Gasteiger partial charge >= 0.3 is 5.97 Å². The number of aliphatic hydroxyl groups excluding tert-OH is 1. The summed E-state index contributed by atoms with van der Waals surface area (Å²) in [4.78, 5) is 14.4. The molecular weight excluding hydrogens is 799 g/mol. The third kappa shape index (κ3) is 9.64. The van der Waals surface area contributed by atoms with Gasteiger partial charge in [0, 0.05) is 51.7 Å². The lowest BCUT2D eigenvalue weighted by Gasteiger charge is -2.48. The predicted molar refractivity (Wildman–Crippen MR) is 229 cm³/mol. The smallest absolute Gasteiger partial charge is 0.316 e. The minimum atomic E-state index is -1.83. The van der Waals surface area contributed by atoms with Crippen molar-refractivity contribution in [3.63, 3.8) is 0 Å². The average molecular weight is 872 g/mol. The Morgan fingerprint density at radius 1 is 0.919 bits per heavy atom. The quantitative estimate of drug-likeness (QED) is 0.211. The van der Waals surface area contributed by atoms with E-state index in [9.17, 15) is 15.0 Å². The van der Waals surface area contributed by atoms with Crippen molar-refractivity contribution < 1.29 is 62.4 Å². The van der Waals surface area contributed by atoms with Crippen molar-refractivity contribution in [1.82, 2.24) is 0 Å². The summed E-state index contributed by atoms with van der Waals surface area (Å²) in [7, 11) is 3.32. The van der Waals surface area contributed by atoms with Gasteiger partial charge in [-0.2, -0.15) is 0 Å². The van der Waals surface area contributed by atoms with Crippen LogP contribution >= 0.6 is 0 Å². The lowest BCUT2D eigenvalue weighted by molar-refractivity contribution is -0.311. The van der Waals surface area contributed by atoms with Crippen LogP contribution in [0.1, 0.15) is 93.9 Å². The lowest BCUT2D eigenvalue weighted by atomic mass is 9.71. The molecule has 1 aliphatic carbocycles. The van der Waals surface area contributed by atoms with Gasteiger partial charge in [0.25, 0.3) is 0 Å². The molecule has 348 valence electrons. The van der Waals surface area contributed by atoms with E-state index >= 15 is 0 Å². The minimum absolute atomic E-state index is 0.0379. The Morgan fingerprint density at radius 3 is 2.35 bits per heavy atom. The molecule has 6 heterocycles. The standard InChI is InChI=1S/C48H73NO13/c1-11-25(2)43-28(5)17-18-47(62-43)23-34-20-33(61-47)16-15-27(4)42(26(3)13-12-14-32-24-55-45-41(50)29(6)19-35(46(51)58-34)48(32,45)52)59-39-22-37(54-10)44(31(8)57-39)60-38-21-36(53-9)40(49)30(7)56-38/h12-15,17-19,25-26,28,30-31,33-45,50,52H,11,16,20-24,49H2,1-10H3/b13-12+,27-15+,32-14+/t25-,26-,28-,30-,31-,33+,34-,35-,36-,37-,38-,39-,40-,41+,42-,43+,44-,45+,47+,48+/m0/s1. The highest BCUT2D eigenvalue weighted by Crippen LogP contribution is 2.47. The van der Waals surface area contributed by atoms with Gasteiger partial charge in [0.1, 0.15) is 35.9 Å². The first-order valence-corrected chi connectivity index (χ1v) is 22.9. The van der Waals surface area contributed by atoms with Crippen LogP contribution in [0.2, 0.25) is 0 Å². The molecule has 2 bridgehead atoms. The van der Waals surface area contributed by atoms with Gasteiger partial charge in [-0.1, -0.05) is 70.6 Å². The fraction of sp³-hybridized carbons (Fsp3) is 0.771. The van der Waals surface area contributed by atoms with Crippen LogP contribution in [0, 0.1) is 23.7 Å². The Balaban J connectivity index is 1.18. The molecule has 0 aromatic heterocycles. The molecule has 62 heavy (non-hydrogen) atoms. The predicted octanol–water partition coefficient (Wildman–Crippen LogP) is 5.34. The number of fused-ring (bicyclic) bond motifs is 2. The first-order chi connectivity index (χ1) is 29.5. The van der Waals surface area contributed by atoms with Gasteiger partial charge in [-0.05, 0) is 62.8 Å². The normalized spacial score (nSPS) is 49.1. The number of ether oxygens (including phenoxy) is 10. The maximum Gasteiger partial charge on any atom is 0.316 e. The molecule has 0 aromatic carbocycles. The molecule has 0 saturated carbocycles.